The Balaban J connectivity index is 0.00000261. The van der Waals surface area contributed by atoms with Crippen LogP contribution < -0.4 is 10.6 Å². The highest BCUT2D eigenvalue weighted by atomic mass is 127. The van der Waals surface area contributed by atoms with Gasteiger partial charge in [-0.1, -0.05) is 43.2 Å². The molecule has 1 amide bonds. The minimum Gasteiger partial charge on any atom is -0.356 e. The van der Waals surface area contributed by atoms with Gasteiger partial charge in [0.2, 0.25) is 5.91 Å². The molecule has 1 aliphatic heterocycles. The molecule has 1 aromatic rings. The van der Waals surface area contributed by atoms with Crippen molar-refractivity contribution in [3.8, 4) is 0 Å². The van der Waals surface area contributed by atoms with Gasteiger partial charge in [0.05, 0.1) is 0 Å². The van der Waals surface area contributed by atoms with E-state index in [1.54, 1.807) is 0 Å². The Labute approximate surface area is 180 Å². The van der Waals surface area contributed by atoms with Gasteiger partial charge < -0.3 is 15.5 Å². The van der Waals surface area contributed by atoms with E-state index in [0.717, 1.165) is 44.5 Å². The third-order valence-corrected chi connectivity index (χ3v) is 5.37. The SMILES string of the molecule is CN=C(NCCCC1CC1)NCC1CC(=O)N(CCc2ccccc2)C1.I. The van der Waals surface area contributed by atoms with Crippen molar-refractivity contribution in [3.05, 3.63) is 35.9 Å². The zero-order chi connectivity index (χ0) is 18.2. The highest BCUT2D eigenvalue weighted by Gasteiger charge is 2.29. The molecule has 2 aliphatic rings. The summed E-state index contributed by atoms with van der Waals surface area (Å²) in [7, 11) is 1.81. The summed E-state index contributed by atoms with van der Waals surface area (Å²) >= 11 is 0. The topological polar surface area (TPSA) is 56.7 Å². The Hall–Kier alpha value is -1.31. The molecule has 2 fully saturated rings. The zero-order valence-corrected chi connectivity index (χ0v) is 18.7. The smallest absolute Gasteiger partial charge is 0.223 e. The van der Waals surface area contributed by atoms with Crippen LogP contribution in [0.4, 0.5) is 0 Å². The van der Waals surface area contributed by atoms with Gasteiger partial charge in [-0.3, -0.25) is 9.79 Å². The van der Waals surface area contributed by atoms with Crippen LogP contribution in [0.2, 0.25) is 0 Å². The number of carbonyl (C=O) groups is 1. The fourth-order valence-corrected chi connectivity index (χ4v) is 3.58. The molecular formula is C21H33IN4O. The number of amides is 1. The fourth-order valence-electron chi connectivity index (χ4n) is 3.58. The Morgan fingerprint density at radius 2 is 1.96 bits per heavy atom. The summed E-state index contributed by atoms with van der Waals surface area (Å²) in [6.07, 6.45) is 6.95. The van der Waals surface area contributed by atoms with Crippen LogP contribution in [0.5, 0.6) is 0 Å². The maximum Gasteiger partial charge on any atom is 0.223 e. The van der Waals surface area contributed by atoms with Crippen molar-refractivity contribution in [3.63, 3.8) is 0 Å². The van der Waals surface area contributed by atoms with Gasteiger partial charge in [-0.05, 0) is 30.7 Å². The van der Waals surface area contributed by atoms with E-state index < -0.39 is 0 Å². The number of hydrogen-bond acceptors (Lipinski definition) is 2. The quantitative estimate of drug-likeness (QED) is 0.245. The maximum absolute atomic E-state index is 12.3. The second kappa shape index (κ2) is 11.5. The fraction of sp³-hybridized carbons (Fsp3) is 0.619. The third kappa shape index (κ3) is 7.68. The van der Waals surface area contributed by atoms with Gasteiger partial charge >= 0.3 is 0 Å². The van der Waals surface area contributed by atoms with Gasteiger partial charge in [0.15, 0.2) is 5.96 Å². The molecule has 1 aliphatic carbocycles. The predicted octanol–water partition coefficient (Wildman–Crippen LogP) is 3.05. The van der Waals surface area contributed by atoms with Crippen molar-refractivity contribution in [2.45, 2.75) is 38.5 Å². The largest absolute Gasteiger partial charge is 0.356 e. The number of likely N-dealkylation sites (tertiary alicyclic amines) is 1. The van der Waals surface area contributed by atoms with E-state index in [4.69, 9.17) is 0 Å². The van der Waals surface area contributed by atoms with Crippen molar-refractivity contribution < 1.29 is 4.79 Å². The van der Waals surface area contributed by atoms with Crippen LogP contribution in [0.1, 0.15) is 37.7 Å². The highest BCUT2D eigenvalue weighted by molar-refractivity contribution is 14.0. The van der Waals surface area contributed by atoms with E-state index in [-0.39, 0.29) is 29.9 Å². The molecule has 0 spiro atoms. The first-order valence-corrected chi connectivity index (χ1v) is 10.0. The maximum atomic E-state index is 12.3. The molecule has 2 N–H and O–H groups in total. The van der Waals surface area contributed by atoms with Crippen molar-refractivity contribution in [2.75, 3.05) is 33.2 Å². The number of halogens is 1. The van der Waals surface area contributed by atoms with E-state index >= 15 is 0 Å². The number of nitrogens with zero attached hydrogens (tertiary/aromatic N) is 2. The third-order valence-electron chi connectivity index (χ3n) is 5.37. The molecule has 6 heteroatoms. The number of hydrogen-bond donors (Lipinski definition) is 2. The first kappa shape index (κ1) is 22.0. The summed E-state index contributed by atoms with van der Waals surface area (Å²) in [5, 5.41) is 6.78. The average molecular weight is 484 g/mol. The van der Waals surface area contributed by atoms with Crippen LogP contribution in [0.15, 0.2) is 35.3 Å². The first-order chi connectivity index (χ1) is 12.7. The molecule has 5 nitrogen and oxygen atoms in total. The second-order valence-electron chi connectivity index (χ2n) is 7.61. The molecule has 27 heavy (non-hydrogen) atoms. The van der Waals surface area contributed by atoms with E-state index in [9.17, 15) is 4.79 Å². The van der Waals surface area contributed by atoms with E-state index in [1.165, 1.54) is 31.2 Å². The van der Waals surface area contributed by atoms with Gasteiger partial charge in [-0.25, -0.2) is 0 Å². The van der Waals surface area contributed by atoms with Gasteiger partial charge in [-0.15, -0.1) is 24.0 Å². The van der Waals surface area contributed by atoms with Crippen LogP contribution in [0.25, 0.3) is 0 Å². The van der Waals surface area contributed by atoms with E-state index in [0.29, 0.717) is 12.3 Å². The Bertz CT molecular complexity index is 603. The average Bonchev–Trinajstić information content (AvgIpc) is 3.42. The monoisotopic (exact) mass is 484 g/mol. The lowest BCUT2D eigenvalue weighted by Gasteiger charge is -2.18. The predicted molar refractivity (Wildman–Crippen MR) is 122 cm³/mol. The molecule has 1 heterocycles. The highest BCUT2D eigenvalue weighted by Crippen LogP contribution is 2.33. The van der Waals surface area contributed by atoms with E-state index in [2.05, 4.69) is 39.9 Å². The lowest BCUT2D eigenvalue weighted by molar-refractivity contribution is -0.127. The molecule has 1 aromatic carbocycles. The molecule has 150 valence electrons. The lowest BCUT2D eigenvalue weighted by atomic mass is 10.1. The molecule has 0 bridgehead atoms. The second-order valence-corrected chi connectivity index (χ2v) is 7.61. The summed E-state index contributed by atoms with van der Waals surface area (Å²) in [6.45, 7) is 3.43. The summed E-state index contributed by atoms with van der Waals surface area (Å²) in [6, 6.07) is 10.4. The summed E-state index contributed by atoms with van der Waals surface area (Å²) in [5.74, 6) is 2.48. The summed E-state index contributed by atoms with van der Waals surface area (Å²) in [5.41, 5.74) is 1.29. The van der Waals surface area contributed by atoms with Crippen molar-refractivity contribution >= 4 is 35.8 Å². The Morgan fingerprint density at radius 1 is 1.19 bits per heavy atom. The van der Waals surface area contributed by atoms with Crippen molar-refractivity contribution in [1.82, 2.24) is 15.5 Å². The molecule has 1 unspecified atom stereocenters. The van der Waals surface area contributed by atoms with Gasteiger partial charge in [0.1, 0.15) is 0 Å². The van der Waals surface area contributed by atoms with Crippen molar-refractivity contribution in [1.29, 1.82) is 0 Å². The molecule has 0 aromatic heterocycles. The minimum absolute atomic E-state index is 0. The van der Waals surface area contributed by atoms with Gasteiger partial charge in [0.25, 0.3) is 0 Å². The number of aliphatic imine (C=N–C) groups is 1. The summed E-state index contributed by atoms with van der Waals surface area (Å²) in [4.78, 5) is 18.5. The lowest BCUT2D eigenvalue weighted by Crippen LogP contribution is -2.40. The molecule has 1 saturated heterocycles. The molecule has 0 radical (unpaired) electrons. The van der Waals surface area contributed by atoms with Crippen LogP contribution in [-0.4, -0.2) is 50.0 Å². The first-order valence-electron chi connectivity index (χ1n) is 10.0. The molecule has 3 rings (SSSR count). The zero-order valence-electron chi connectivity index (χ0n) is 16.3. The van der Waals surface area contributed by atoms with Crippen molar-refractivity contribution in [2.24, 2.45) is 16.8 Å². The number of rotatable bonds is 9. The minimum atomic E-state index is 0. The summed E-state index contributed by atoms with van der Waals surface area (Å²) < 4.78 is 0. The van der Waals surface area contributed by atoms with Gasteiger partial charge in [-0.2, -0.15) is 0 Å². The molecule has 1 atom stereocenters. The molecule has 1 saturated carbocycles. The normalized spacial score (nSPS) is 19.7. The molecular weight excluding hydrogens is 451 g/mol. The van der Waals surface area contributed by atoms with Crippen LogP contribution in [0.3, 0.4) is 0 Å². The van der Waals surface area contributed by atoms with Crippen LogP contribution in [0, 0.1) is 11.8 Å². The number of guanidine groups is 1. The van der Waals surface area contributed by atoms with Gasteiger partial charge in [0, 0.05) is 45.6 Å². The number of carbonyl (C=O) groups excluding carboxylic acids is 1. The Morgan fingerprint density at radius 3 is 2.67 bits per heavy atom. The number of benzene rings is 1. The Kier molecular flexibility index (Phi) is 9.38. The van der Waals surface area contributed by atoms with Crippen LogP contribution in [-0.2, 0) is 11.2 Å². The van der Waals surface area contributed by atoms with Crippen LogP contribution >= 0.6 is 24.0 Å². The van der Waals surface area contributed by atoms with E-state index in [1.807, 2.05) is 18.0 Å². The standard InChI is InChI=1S/C21H32N4O.HI/c1-22-21(23-12-5-8-18-9-10-18)24-15-19-14-20(26)25(16-19)13-11-17-6-3-2-4-7-17;/h2-4,6-7,18-19H,5,8-16H2,1H3,(H2,22,23,24);1H. The number of nitrogens with one attached hydrogen (secondary N) is 2.